The average molecular weight is 660 g/mol. The van der Waals surface area contributed by atoms with E-state index in [-0.39, 0.29) is 19.1 Å². The lowest BCUT2D eigenvalue weighted by Gasteiger charge is -2.20. The predicted octanol–water partition coefficient (Wildman–Crippen LogP) is -4.78. The molecule has 1 unspecified atom stereocenters. The van der Waals surface area contributed by atoms with Crippen molar-refractivity contribution >= 4 is 53.2 Å². The van der Waals surface area contributed by atoms with Gasteiger partial charge in [-0.3, -0.25) is 64.4 Å². The van der Waals surface area contributed by atoms with Crippen LogP contribution in [0.15, 0.2) is 30.3 Å². The Bertz CT molecular complexity index is 1290. The lowest BCUT2D eigenvalue weighted by molar-refractivity contribution is -0.150. The van der Waals surface area contributed by atoms with Gasteiger partial charge in [-0.1, -0.05) is 36.8 Å². The zero-order valence-corrected chi connectivity index (χ0v) is 25.8. The zero-order chi connectivity index (χ0) is 34.4. The van der Waals surface area contributed by atoms with Gasteiger partial charge >= 0.3 is 47.3 Å². The Balaban J connectivity index is 1.95. The van der Waals surface area contributed by atoms with Crippen LogP contribution in [0.3, 0.4) is 0 Å². The maximum atomic E-state index is 12.2. The summed E-state index contributed by atoms with van der Waals surface area (Å²) in [5.41, 5.74) is 1.15. The SMILES string of the molecule is O=C1CNCC(CCc2ccccc2)NCCNCCNCCCCCNC(=O)C(=O)NC(=O)C(=O)NC(=O)C(=O)NC(=O)C(=O)N1. The van der Waals surface area contributed by atoms with Crippen LogP contribution in [0.2, 0.25) is 0 Å². The van der Waals surface area contributed by atoms with Crippen molar-refractivity contribution in [3.05, 3.63) is 35.9 Å². The van der Waals surface area contributed by atoms with Gasteiger partial charge in [0, 0.05) is 45.3 Å². The van der Waals surface area contributed by atoms with E-state index in [0.29, 0.717) is 26.1 Å². The monoisotopic (exact) mass is 659 g/mol. The van der Waals surface area contributed by atoms with Crippen molar-refractivity contribution in [1.82, 2.24) is 47.9 Å². The molecule has 18 heteroatoms. The number of aryl methyl sites for hydroxylation is 1. The summed E-state index contributed by atoms with van der Waals surface area (Å²) in [6.07, 6.45) is 3.64. The van der Waals surface area contributed by atoms with Crippen LogP contribution in [0.5, 0.6) is 0 Å². The molecule has 47 heavy (non-hydrogen) atoms. The summed E-state index contributed by atoms with van der Waals surface area (Å²) >= 11 is 0. The largest absolute Gasteiger partial charge is 0.348 e. The van der Waals surface area contributed by atoms with E-state index in [1.54, 1.807) is 5.32 Å². The highest BCUT2D eigenvalue weighted by Gasteiger charge is 2.28. The van der Waals surface area contributed by atoms with Crippen LogP contribution in [-0.2, 0) is 49.6 Å². The topological polar surface area (TPSA) is 262 Å². The molecule has 1 fully saturated rings. The van der Waals surface area contributed by atoms with E-state index >= 15 is 0 Å². The van der Waals surface area contributed by atoms with Crippen LogP contribution < -0.4 is 47.9 Å². The molecule has 0 radical (unpaired) electrons. The Morgan fingerprint density at radius 3 is 1.64 bits per heavy atom. The normalized spacial score (nSPS) is 20.7. The lowest BCUT2D eigenvalue weighted by Crippen LogP contribution is -2.54. The fourth-order valence-electron chi connectivity index (χ4n) is 4.12. The van der Waals surface area contributed by atoms with Crippen molar-refractivity contribution in [3.8, 4) is 0 Å². The number of hydrogen-bond donors (Lipinski definition) is 9. The number of amides is 9. The fourth-order valence-corrected chi connectivity index (χ4v) is 4.12. The third kappa shape index (κ3) is 16.3. The van der Waals surface area contributed by atoms with E-state index in [0.717, 1.165) is 50.9 Å². The molecule has 1 saturated heterocycles. The summed E-state index contributed by atoms with van der Waals surface area (Å²) in [6.45, 7) is 3.71. The van der Waals surface area contributed by atoms with Crippen LogP contribution in [-0.4, -0.2) is 112 Å². The number of imide groups is 4. The minimum atomic E-state index is -1.82. The predicted molar refractivity (Wildman–Crippen MR) is 165 cm³/mol. The van der Waals surface area contributed by atoms with E-state index in [1.165, 1.54) is 16.0 Å². The van der Waals surface area contributed by atoms with Gasteiger partial charge in [0.05, 0.1) is 6.54 Å². The first-order chi connectivity index (χ1) is 22.6. The number of benzene rings is 1. The van der Waals surface area contributed by atoms with Gasteiger partial charge < -0.3 is 26.6 Å². The number of carbonyl (C=O) groups excluding carboxylic acids is 9. The van der Waals surface area contributed by atoms with E-state index in [1.807, 2.05) is 30.3 Å². The van der Waals surface area contributed by atoms with Gasteiger partial charge in [-0.25, -0.2) is 0 Å². The van der Waals surface area contributed by atoms with Gasteiger partial charge in [0.25, 0.3) is 0 Å². The molecule has 1 aliphatic rings. The third-order valence-electron chi connectivity index (χ3n) is 6.59. The first-order valence-corrected chi connectivity index (χ1v) is 15.1. The lowest BCUT2D eigenvalue weighted by atomic mass is 10.1. The van der Waals surface area contributed by atoms with Crippen molar-refractivity contribution in [2.75, 3.05) is 52.4 Å². The van der Waals surface area contributed by atoms with E-state index in [4.69, 9.17) is 0 Å². The minimum absolute atomic E-state index is 0.0360. The smallest absolute Gasteiger partial charge is 0.316 e. The Hall–Kier alpha value is -4.91. The van der Waals surface area contributed by atoms with Gasteiger partial charge in [-0.15, -0.1) is 0 Å². The maximum Gasteiger partial charge on any atom is 0.316 e. The molecular formula is C29H41N9O9. The van der Waals surface area contributed by atoms with E-state index < -0.39 is 53.2 Å². The molecule has 256 valence electrons. The van der Waals surface area contributed by atoms with Gasteiger partial charge in [0.2, 0.25) is 5.91 Å². The Morgan fingerprint density at radius 2 is 1.02 bits per heavy atom. The van der Waals surface area contributed by atoms with E-state index in [9.17, 15) is 43.2 Å². The second-order valence-corrected chi connectivity index (χ2v) is 10.3. The van der Waals surface area contributed by atoms with Gasteiger partial charge in [0.1, 0.15) is 0 Å². The molecule has 9 N–H and O–H groups in total. The summed E-state index contributed by atoms with van der Waals surface area (Å²) in [5, 5.41) is 21.2. The summed E-state index contributed by atoms with van der Waals surface area (Å²) in [5.74, 6) is -14.0. The van der Waals surface area contributed by atoms with E-state index in [2.05, 4.69) is 26.6 Å². The molecule has 1 heterocycles. The fraction of sp³-hybridized carbons (Fsp3) is 0.483. The summed E-state index contributed by atoms with van der Waals surface area (Å²) in [7, 11) is 0. The van der Waals surface area contributed by atoms with Crippen LogP contribution in [0.4, 0.5) is 0 Å². The molecular weight excluding hydrogens is 618 g/mol. The summed E-state index contributed by atoms with van der Waals surface area (Å²) in [6, 6.07) is 9.83. The third-order valence-corrected chi connectivity index (χ3v) is 6.59. The standard InChI is InChI=1S/C29H41N9O9/c39-21-18-32-17-20(10-9-19-7-3-1-4-8-19)33-16-15-31-14-13-30-11-5-2-6-12-34-22(40)23(41)36-26(44)27(45)38-29(47)28(46)37-25(43)24(42)35-21/h1,3-4,7-8,20,30-33H,2,5-6,9-18H2,(H,34,40)(H,35,39,42)(H,36,41,44)(H,37,43,46)(H,38,45,47). The molecule has 0 aliphatic carbocycles. The van der Waals surface area contributed by atoms with Crippen LogP contribution in [0, 0.1) is 0 Å². The number of rotatable bonds is 3. The Morgan fingerprint density at radius 1 is 0.511 bits per heavy atom. The molecule has 1 atom stereocenters. The molecule has 0 saturated carbocycles. The molecule has 0 spiro atoms. The molecule has 1 aromatic rings. The van der Waals surface area contributed by atoms with Gasteiger partial charge in [-0.05, 0) is 37.8 Å². The van der Waals surface area contributed by atoms with Crippen LogP contribution in [0.1, 0.15) is 31.2 Å². The highest BCUT2D eigenvalue weighted by Crippen LogP contribution is 2.05. The molecule has 1 aromatic carbocycles. The molecule has 18 nitrogen and oxygen atoms in total. The number of nitrogens with one attached hydrogen (secondary N) is 9. The van der Waals surface area contributed by atoms with Gasteiger partial charge in [0.15, 0.2) is 0 Å². The quantitative estimate of drug-likeness (QED) is 0.109. The Labute approximate surface area is 270 Å². The average Bonchev–Trinajstić information content (AvgIpc) is 3.04. The maximum absolute atomic E-state index is 12.2. The second kappa shape index (κ2) is 21.8. The summed E-state index contributed by atoms with van der Waals surface area (Å²) in [4.78, 5) is 107. The number of carbonyl (C=O) groups is 9. The zero-order valence-electron chi connectivity index (χ0n) is 25.8. The summed E-state index contributed by atoms with van der Waals surface area (Å²) < 4.78 is 0. The Kier molecular flexibility index (Phi) is 17.7. The highest BCUT2D eigenvalue weighted by atomic mass is 16.2. The molecule has 1 aliphatic heterocycles. The minimum Gasteiger partial charge on any atom is -0.348 e. The van der Waals surface area contributed by atoms with Gasteiger partial charge in [-0.2, -0.15) is 0 Å². The molecule has 0 bridgehead atoms. The van der Waals surface area contributed by atoms with Crippen LogP contribution >= 0.6 is 0 Å². The van der Waals surface area contributed by atoms with Crippen molar-refractivity contribution in [1.29, 1.82) is 0 Å². The number of hydrogen-bond acceptors (Lipinski definition) is 13. The van der Waals surface area contributed by atoms with Crippen molar-refractivity contribution in [2.45, 2.75) is 38.1 Å². The highest BCUT2D eigenvalue weighted by molar-refractivity contribution is 6.52. The first-order valence-electron chi connectivity index (χ1n) is 15.1. The van der Waals surface area contributed by atoms with Crippen molar-refractivity contribution < 1.29 is 43.2 Å². The first kappa shape index (κ1) is 38.3. The van der Waals surface area contributed by atoms with Crippen LogP contribution in [0.25, 0.3) is 0 Å². The molecule has 0 aromatic heterocycles. The molecule has 2 rings (SSSR count). The van der Waals surface area contributed by atoms with Crippen molar-refractivity contribution in [2.24, 2.45) is 0 Å². The van der Waals surface area contributed by atoms with Crippen molar-refractivity contribution in [3.63, 3.8) is 0 Å². The second-order valence-electron chi connectivity index (χ2n) is 10.3. The molecule has 9 amide bonds.